The lowest BCUT2D eigenvalue weighted by molar-refractivity contribution is -0.142. The highest BCUT2D eigenvalue weighted by atomic mass is 35.5. The zero-order chi connectivity index (χ0) is 15.9. The van der Waals surface area contributed by atoms with E-state index < -0.39 is 5.97 Å². The van der Waals surface area contributed by atoms with E-state index in [-0.39, 0.29) is 37.1 Å². The van der Waals surface area contributed by atoms with E-state index in [1.54, 1.807) is 24.3 Å². The zero-order valence-corrected chi connectivity index (χ0v) is 13.9. The predicted octanol–water partition coefficient (Wildman–Crippen LogP) is 0.976. The minimum absolute atomic E-state index is 0. The molecule has 1 heterocycles. The molecule has 1 aliphatic heterocycles. The molecule has 0 saturated carbocycles. The fourth-order valence-corrected chi connectivity index (χ4v) is 2.08. The van der Waals surface area contributed by atoms with Crippen molar-refractivity contribution >= 4 is 30.0 Å². The van der Waals surface area contributed by atoms with Crippen molar-refractivity contribution in [1.82, 2.24) is 5.32 Å². The third-order valence-electron chi connectivity index (χ3n) is 3.31. The predicted molar refractivity (Wildman–Crippen MR) is 87.0 cm³/mol. The summed E-state index contributed by atoms with van der Waals surface area (Å²) in [5, 5.41) is 5.94. The van der Waals surface area contributed by atoms with Crippen molar-refractivity contribution in [2.45, 2.75) is 19.1 Å². The molecule has 8 heteroatoms. The van der Waals surface area contributed by atoms with Crippen molar-refractivity contribution < 1.29 is 23.8 Å². The molecular formula is C15H21ClN2O5. The maximum Gasteiger partial charge on any atom is 0.343 e. The molecule has 0 aliphatic carbocycles. The van der Waals surface area contributed by atoms with Gasteiger partial charge in [0.15, 0.2) is 6.61 Å². The van der Waals surface area contributed by atoms with E-state index in [2.05, 4.69) is 15.4 Å². The van der Waals surface area contributed by atoms with Crippen LogP contribution in [0.4, 0.5) is 5.69 Å². The number of carbonyl (C=O) groups excluding carboxylic acids is 2. The van der Waals surface area contributed by atoms with Gasteiger partial charge in [-0.1, -0.05) is 0 Å². The van der Waals surface area contributed by atoms with Crippen LogP contribution in [0.5, 0.6) is 5.75 Å². The first-order valence-electron chi connectivity index (χ1n) is 7.05. The van der Waals surface area contributed by atoms with Gasteiger partial charge in [0.25, 0.3) is 0 Å². The molecule has 0 bridgehead atoms. The standard InChI is InChI=1S/C15H20N2O5.ClH/c1-10-14(16-7-8-21-10)15(19)17-11-3-5-12(6-4-11)22-9-13(18)20-2;/h3-6,10,14,16H,7-9H2,1-2H3,(H,17,19);1H/t10-,14+;/m1./s1. The minimum atomic E-state index is -0.449. The Morgan fingerprint density at radius 2 is 2.04 bits per heavy atom. The molecule has 1 aliphatic rings. The fourth-order valence-electron chi connectivity index (χ4n) is 2.08. The lowest BCUT2D eigenvalue weighted by atomic mass is 10.1. The van der Waals surface area contributed by atoms with Gasteiger partial charge in [-0.2, -0.15) is 0 Å². The number of anilines is 1. The minimum Gasteiger partial charge on any atom is -0.482 e. The number of morpholine rings is 1. The van der Waals surface area contributed by atoms with Gasteiger partial charge in [0.1, 0.15) is 11.8 Å². The van der Waals surface area contributed by atoms with Crippen LogP contribution in [0.3, 0.4) is 0 Å². The molecular weight excluding hydrogens is 324 g/mol. The number of nitrogens with one attached hydrogen (secondary N) is 2. The van der Waals surface area contributed by atoms with Gasteiger partial charge in [-0.25, -0.2) is 4.79 Å². The van der Waals surface area contributed by atoms with Crippen LogP contribution >= 0.6 is 12.4 Å². The van der Waals surface area contributed by atoms with Gasteiger partial charge in [-0.15, -0.1) is 12.4 Å². The fraction of sp³-hybridized carbons (Fsp3) is 0.467. The number of hydrogen-bond donors (Lipinski definition) is 2. The summed E-state index contributed by atoms with van der Waals surface area (Å²) < 4.78 is 15.2. The number of hydrogen-bond acceptors (Lipinski definition) is 6. The second-order valence-electron chi connectivity index (χ2n) is 4.89. The number of methoxy groups -OCH3 is 1. The van der Waals surface area contributed by atoms with Crippen LogP contribution in [0.15, 0.2) is 24.3 Å². The molecule has 1 aromatic carbocycles. The quantitative estimate of drug-likeness (QED) is 0.774. The lowest BCUT2D eigenvalue weighted by Crippen LogP contribution is -2.53. The summed E-state index contributed by atoms with van der Waals surface area (Å²) in [7, 11) is 1.30. The second-order valence-corrected chi connectivity index (χ2v) is 4.89. The van der Waals surface area contributed by atoms with Crippen LogP contribution in [0, 0.1) is 0 Å². The second kappa shape index (κ2) is 9.34. The van der Waals surface area contributed by atoms with E-state index in [0.717, 1.165) is 0 Å². The van der Waals surface area contributed by atoms with Crippen LogP contribution in [-0.2, 0) is 19.1 Å². The van der Waals surface area contributed by atoms with Gasteiger partial charge in [0.2, 0.25) is 5.91 Å². The van der Waals surface area contributed by atoms with Crippen LogP contribution in [-0.4, -0.2) is 50.9 Å². The Balaban J connectivity index is 0.00000264. The number of amides is 1. The molecule has 1 saturated heterocycles. The number of rotatable bonds is 5. The molecule has 0 spiro atoms. The summed E-state index contributed by atoms with van der Waals surface area (Å²) in [5.41, 5.74) is 0.648. The number of halogens is 1. The van der Waals surface area contributed by atoms with Gasteiger partial charge in [0.05, 0.1) is 19.8 Å². The van der Waals surface area contributed by atoms with Crippen molar-refractivity contribution in [2.75, 3.05) is 32.2 Å². The van der Waals surface area contributed by atoms with E-state index in [4.69, 9.17) is 9.47 Å². The molecule has 0 radical (unpaired) electrons. The highest BCUT2D eigenvalue weighted by Crippen LogP contribution is 2.16. The van der Waals surface area contributed by atoms with Crippen molar-refractivity contribution in [3.8, 4) is 5.75 Å². The summed E-state index contributed by atoms with van der Waals surface area (Å²) >= 11 is 0. The van der Waals surface area contributed by atoms with E-state index in [0.29, 0.717) is 24.6 Å². The Labute approximate surface area is 141 Å². The molecule has 2 N–H and O–H groups in total. The van der Waals surface area contributed by atoms with Crippen molar-refractivity contribution in [3.63, 3.8) is 0 Å². The van der Waals surface area contributed by atoms with Crippen LogP contribution in [0.25, 0.3) is 0 Å². The summed E-state index contributed by atoms with van der Waals surface area (Å²) in [6.45, 7) is 2.98. The molecule has 1 fully saturated rings. The first kappa shape index (κ1) is 19.2. The molecule has 128 valence electrons. The van der Waals surface area contributed by atoms with Gasteiger partial charge < -0.3 is 24.8 Å². The van der Waals surface area contributed by atoms with Gasteiger partial charge in [0, 0.05) is 12.2 Å². The van der Waals surface area contributed by atoms with Crippen molar-refractivity contribution in [1.29, 1.82) is 0 Å². The normalized spacial score (nSPS) is 20.1. The van der Waals surface area contributed by atoms with Gasteiger partial charge in [-0.3, -0.25) is 4.79 Å². The first-order chi connectivity index (χ1) is 10.6. The van der Waals surface area contributed by atoms with Gasteiger partial charge >= 0.3 is 5.97 Å². The maximum absolute atomic E-state index is 12.2. The number of ether oxygens (including phenoxy) is 3. The summed E-state index contributed by atoms with van der Waals surface area (Å²) in [6.07, 6.45) is -0.170. The monoisotopic (exact) mass is 344 g/mol. The highest BCUT2D eigenvalue weighted by molar-refractivity contribution is 5.95. The van der Waals surface area contributed by atoms with E-state index in [9.17, 15) is 9.59 Å². The largest absolute Gasteiger partial charge is 0.482 e. The molecule has 0 unspecified atom stereocenters. The molecule has 0 aromatic heterocycles. The lowest BCUT2D eigenvalue weighted by Gasteiger charge is -2.29. The molecule has 1 amide bonds. The Kier molecular flexibility index (Phi) is 7.80. The Morgan fingerprint density at radius 3 is 2.65 bits per heavy atom. The molecule has 1 aromatic rings. The highest BCUT2D eigenvalue weighted by Gasteiger charge is 2.28. The van der Waals surface area contributed by atoms with Crippen LogP contribution in [0.2, 0.25) is 0 Å². The Morgan fingerprint density at radius 1 is 1.35 bits per heavy atom. The molecule has 2 rings (SSSR count). The summed E-state index contributed by atoms with van der Waals surface area (Å²) in [6, 6.07) is 6.39. The third kappa shape index (κ3) is 5.70. The smallest absolute Gasteiger partial charge is 0.343 e. The average molecular weight is 345 g/mol. The van der Waals surface area contributed by atoms with Crippen LogP contribution < -0.4 is 15.4 Å². The molecule has 23 heavy (non-hydrogen) atoms. The summed E-state index contributed by atoms with van der Waals surface area (Å²) in [4.78, 5) is 23.2. The van der Waals surface area contributed by atoms with Crippen molar-refractivity contribution in [3.05, 3.63) is 24.3 Å². The van der Waals surface area contributed by atoms with E-state index in [1.807, 2.05) is 6.92 Å². The Hall–Kier alpha value is -1.83. The summed E-state index contributed by atoms with van der Waals surface area (Å²) in [5.74, 6) is -0.0685. The van der Waals surface area contributed by atoms with Crippen molar-refractivity contribution in [2.24, 2.45) is 0 Å². The molecule has 2 atom stereocenters. The third-order valence-corrected chi connectivity index (χ3v) is 3.31. The number of benzene rings is 1. The Bertz CT molecular complexity index is 523. The number of carbonyl (C=O) groups is 2. The molecule has 7 nitrogen and oxygen atoms in total. The topological polar surface area (TPSA) is 85.9 Å². The number of esters is 1. The zero-order valence-electron chi connectivity index (χ0n) is 13.0. The van der Waals surface area contributed by atoms with Crippen LogP contribution in [0.1, 0.15) is 6.92 Å². The average Bonchev–Trinajstić information content (AvgIpc) is 2.54. The maximum atomic E-state index is 12.2. The van der Waals surface area contributed by atoms with E-state index in [1.165, 1.54) is 7.11 Å². The first-order valence-corrected chi connectivity index (χ1v) is 7.05. The SMILES string of the molecule is COC(=O)COc1ccc(NC(=O)[C@H]2NCCO[C@@H]2C)cc1.Cl. The van der Waals surface area contributed by atoms with E-state index >= 15 is 0 Å². The van der Waals surface area contributed by atoms with Gasteiger partial charge in [-0.05, 0) is 31.2 Å².